The molecule has 6 nitrogen and oxygen atoms in total. The van der Waals surface area contributed by atoms with Crippen LogP contribution in [0.1, 0.15) is 32.9 Å². The number of aromatic nitrogens is 1. The third-order valence-corrected chi connectivity index (χ3v) is 2.95. The molecule has 0 spiro atoms. The summed E-state index contributed by atoms with van der Waals surface area (Å²) < 4.78 is 0. The van der Waals surface area contributed by atoms with E-state index in [-0.39, 0.29) is 24.2 Å². The summed E-state index contributed by atoms with van der Waals surface area (Å²) >= 11 is 0. The molecule has 1 heterocycles. The number of nitrogens with one attached hydrogen (secondary N) is 1. The van der Waals surface area contributed by atoms with Crippen LogP contribution in [0.15, 0.2) is 18.3 Å². The van der Waals surface area contributed by atoms with Crippen LogP contribution in [0, 0.1) is 5.41 Å². The monoisotopic (exact) mass is 279 g/mol. The zero-order valence-corrected chi connectivity index (χ0v) is 12.0. The van der Waals surface area contributed by atoms with Crippen LogP contribution in [-0.4, -0.2) is 28.0 Å². The van der Waals surface area contributed by atoms with E-state index in [1.54, 1.807) is 12.1 Å². The number of hydrogen-bond acceptors (Lipinski definition) is 4. The summed E-state index contributed by atoms with van der Waals surface area (Å²) in [6, 6.07) is 2.92. The van der Waals surface area contributed by atoms with Gasteiger partial charge in [-0.3, -0.25) is 14.6 Å². The van der Waals surface area contributed by atoms with Crippen LogP contribution >= 0.6 is 0 Å². The van der Waals surface area contributed by atoms with Crippen LogP contribution in [0.3, 0.4) is 0 Å². The second kappa shape index (κ2) is 6.36. The van der Waals surface area contributed by atoms with E-state index >= 15 is 0 Å². The predicted octanol–water partition coefficient (Wildman–Crippen LogP) is 1.21. The smallest absolute Gasteiger partial charge is 0.305 e. The van der Waals surface area contributed by atoms with E-state index < -0.39 is 12.0 Å². The van der Waals surface area contributed by atoms with Gasteiger partial charge in [0.2, 0.25) is 5.91 Å². The van der Waals surface area contributed by atoms with Crippen LogP contribution in [0.5, 0.6) is 0 Å². The first-order valence-electron chi connectivity index (χ1n) is 6.40. The minimum Gasteiger partial charge on any atom is -0.481 e. The predicted molar refractivity (Wildman–Crippen MR) is 76.0 cm³/mol. The molecular formula is C14H21N3O3. The second-order valence-electron chi connectivity index (χ2n) is 5.84. The lowest BCUT2D eigenvalue weighted by molar-refractivity contribution is -0.138. The molecule has 1 atom stereocenters. The molecule has 0 saturated heterocycles. The van der Waals surface area contributed by atoms with Crippen molar-refractivity contribution in [2.45, 2.75) is 39.7 Å². The molecule has 0 aliphatic rings. The fraction of sp³-hybridized carbons (Fsp3) is 0.500. The van der Waals surface area contributed by atoms with Crippen molar-refractivity contribution in [3.8, 4) is 0 Å². The normalized spacial score (nSPS) is 12.8. The second-order valence-corrected chi connectivity index (χ2v) is 5.84. The average Bonchev–Trinajstić information content (AvgIpc) is 2.29. The number of amides is 1. The number of carbonyl (C=O) groups is 2. The Labute approximate surface area is 118 Å². The Bertz CT molecular complexity index is 477. The maximum Gasteiger partial charge on any atom is 0.305 e. The lowest BCUT2D eigenvalue weighted by atomic mass is 9.84. The molecule has 1 rings (SSSR count). The van der Waals surface area contributed by atoms with Gasteiger partial charge in [0.25, 0.3) is 0 Å². The molecule has 0 saturated carbocycles. The van der Waals surface area contributed by atoms with Crippen molar-refractivity contribution in [2.75, 3.05) is 5.73 Å². The third kappa shape index (κ3) is 5.26. The molecule has 1 aromatic rings. The topological polar surface area (TPSA) is 105 Å². The van der Waals surface area contributed by atoms with Gasteiger partial charge in [-0.15, -0.1) is 0 Å². The molecule has 0 fully saturated rings. The molecule has 1 unspecified atom stereocenters. The Morgan fingerprint density at radius 3 is 2.50 bits per heavy atom. The van der Waals surface area contributed by atoms with Crippen LogP contribution in [0.2, 0.25) is 0 Å². The fourth-order valence-electron chi connectivity index (χ4n) is 1.70. The van der Waals surface area contributed by atoms with Crippen LogP contribution in [0.4, 0.5) is 5.69 Å². The van der Waals surface area contributed by atoms with Crippen molar-refractivity contribution >= 4 is 17.6 Å². The minimum atomic E-state index is -0.934. The van der Waals surface area contributed by atoms with E-state index in [1.165, 1.54) is 6.20 Å². The number of carboxylic acid groups (broad SMARTS) is 1. The van der Waals surface area contributed by atoms with E-state index in [0.29, 0.717) is 11.4 Å². The van der Waals surface area contributed by atoms with Gasteiger partial charge in [-0.25, -0.2) is 0 Å². The molecule has 1 aromatic heterocycles. The number of nitrogens with zero attached hydrogens (tertiary/aromatic N) is 1. The standard InChI is InChI=1S/C14H21N3O3/c1-14(2,3)11(7-13(19)20)17-12(18)6-10-5-4-9(15)8-16-10/h4-5,8,11H,6-7,15H2,1-3H3,(H,17,18)(H,19,20). The maximum atomic E-state index is 12.0. The van der Waals surface area contributed by atoms with Crippen LogP contribution in [-0.2, 0) is 16.0 Å². The van der Waals surface area contributed by atoms with E-state index in [9.17, 15) is 9.59 Å². The number of rotatable bonds is 5. The maximum absolute atomic E-state index is 12.0. The Morgan fingerprint density at radius 1 is 1.40 bits per heavy atom. The fourth-order valence-corrected chi connectivity index (χ4v) is 1.70. The number of pyridine rings is 1. The van der Waals surface area contributed by atoms with Gasteiger partial charge in [0, 0.05) is 11.7 Å². The molecule has 20 heavy (non-hydrogen) atoms. The Balaban J connectivity index is 2.66. The highest BCUT2D eigenvalue weighted by molar-refractivity contribution is 5.79. The van der Waals surface area contributed by atoms with Crippen molar-refractivity contribution in [3.63, 3.8) is 0 Å². The zero-order chi connectivity index (χ0) is 15.3. The average molecular weight is 279 g/mol. The van der Waals surface area contributed by atoms with E-state index in [1.807, 2.05) is 20.8 Å². The number of hydrogen-bond donors (Lipinski definition) is 3. The summed E-state index contributed by atoms with van der Waals surface area (Å²) in [6.45, 7) is 5.67. The molecule has 0 aliphatic heterocycles. The number of anilines is 1. The summed E-state index contributed by atoms with van der Waals surface area (Å²) in [5.74, 6) is -1.18. The van der Waals surface area contributed by atoms with Gasteiger partial charge >= 0.3 is 5.97 Å². The summed E-state index contributed by atoms with van der Waals surface area (Å²) in [7, 11) is 0. The molecule has 0 radical (unpaired) electrons. The van der Waals surface area contributed by atoms with Crippen molar-refractivity contribution in [3.05, 3.63) is 24.0 Å². The van der Waals surface area contributed by atoms with Gasteiger partial charge in [-0.1, -0.05) is 20.8 Å². The highest BCUT2D eigenvalue weighted by Gasteiger charge is 2.28. The van der Waals surface area contributed by atoms with E-state index in [4.69, 9.17) is 10.8 Å². The van der Waals surface area contributed by atoms with E-state index in [2.05, 4.69) is 10.3 Å². The number of carboxylic acids is 1. The first-order chi connectivity index (χ1) is 9.18. The number of aliphatic carboxylic acids is 1. The highest BCUT2D eigenvalue weighted by Crippen LogP contribution is 2.22. The molecule has 0 bridgehead atoms. The molecule has 4 N–H and O–H groups in total. The van der Waals surface area contributed by atoms with E-state index in [0.717, 1.165) is 0 Å². The lowest BCUT2D eigenvalue weighted by Gasteiger charge is -2.30. The van der Waals surface area contributed by atoms with Gasteiger partial charge in [0.1, 0.15) is 0 Å². The number of carbonyl (C=O) groups excluding carboxylic acids is 1. The summed E-state index contributed by atoms with van der Waals surface area (Å²) in [6.07, 6.45) is 1.48. The van der Waals surface area contributed by atoms with Crippen LogP contribution < -0.4 is 11.1 Å². The molecule has 6 heteroatoms. The quantitative estimate of drug-likeness (QED) is 0.751. The lowest BCUT2D eigenvalue weighted by Crippen LogP contribution is -2.45. The van der Waals surface area contributed by atoms with Gasteiger partial charge < -0.3 is 16.2 Å². The van der Waals surface area contributed by atoms with Gasteiger partial charge in [-0.2, -0.15) is 0 Å². The highest BCUT2D eigenvalue weighted by atomic mass is 16.4. The largest absolute Gasteiger partial charge is 0.481 e. The first kappa shape index (κ1) is 15.9. The molecule has 0 aliphatic carbocycles. The van der Waals surface area contributed by atoms with Crippen molar-refractivity contribution in [1.82, 2.24) is 10.3 Å². The Hall–Kier alpha value is -2.11. The van der Waals surface area contributed by atoms with Gasteiger partial charge in [0.05, 0.1) is 24.7 Å². The van der Waals surface area contributed by atoms with Crippen LogP contribution in [0.25, 0.3) is 0 Å². The van der Waals surface area contributed by atoms with Crippen molar-refractivity contribution in [2.24, 2.45) is 5.41 Å². The third-order valence-electron chi connectivity index (χ3n) is 2.95. The molecule has 0 aromatic carbocycles. The van der Waals surface area contributed by atoms with Gasteiger partial charge in [-0.05, 0) is 17.5 Å². The minimum absolute atomic E-state index is 0.104. The summed E-state index contributed by atoms with van der Waals surface area (Å²) in [5.41, 5.74) is 6.32. The molecule has 110 valence electrons. The zero-order valence-electron chi connectivity index (χ0n) is 12.0. The van der Waals surface area contributed by atoms with Crippen molar-refractivity contribution < 1.29 is 14.7 Å². The van der Waals surface area contributed by atoms with Gasteiger partial charge in [0.15, 0.2) is 0 Å². The Kier molecular flexibility index (Phi) is 5.07. The number of nitrogens with two attached hydrogens (primary N) is 1. The summed E-state index contributed by atoms with van der Waals surface area (Å²) in [4.78, 5) is 26.9. The molecule has 1 amide bonds. The number of nitrogen functional groups attached to an aromatic ring is 1. The SMILES string of the molecule is CC(C)(C)C(CC(=O)O)NC(=O)Cc1ccc(N)cn1. The summed E-state index contributed by atoms with van der Waals surface area (Å²) in [5, 5.41) is 11.7. The first-order valence-corrected chi connectivity index (χ1v) is 6.40. The van der Waals surface area contributed by atoms with Crippen molar-refractivity contribution in [1.29, 1.82) is 0 Å². The Morgan fingerprint density at radius 2 is 2.05 bits per heavy atom. The molecular weight excluding hydrogens is 258 g/mol.